The average molecular weight is 555 g/mol. The lowest BCUT2D eigenvalue weighted by atomic mass is 9.83. The average Bonchev–Trinajstić information content (AvgIpc) is 2.95. The van der Waals surface area contributed by atoms with E-state index in [1.165, 1.54) is 0 Å². The van der Waals surface area contributed by atoms with Crippen LogP contribution >= 0.6 is 0 Å². The zero-order chi connectivity index (χ0) is 29.6. The second-order valence-electron chi connectivity index (χ2n) is 11.0. The first kappa shape index (κ1) is 29.5. The molecule has 3 aromatic carbocycles. The first-order valence-corrected chi connectivity index (χ1v) is 14.1. The Kier molecular flexibility index (Phi) is 9.24. The van der Waals surface area contributed by atoms with Crippen LogP contribution in [0.25, 0.3) is 0 Å². The van der Waals surface area contributed by atoms with Crippen LogP contribution in [-0.4, -0.2) is 19.2 Å². The highest BCUT2D eigenvalue weighted by molar-refractivity contribution is 5.91. The number of hydrogen-bond acceptors (Lipinski definition) is 7. The van der Waals surface area contributed by atoms with Crippen LogP contribution in [0.2, 0.25) is 0 Å². The fraction of sp³-hybridized carbons (Fsp3) is 0.353. The molecule has 0 radical (unpaired) electrons. The van der Waals surface area contributed by atoms with Crippen LogP contribution < -0.4 is 24.7 Å². The standard InChI is InChI=1S/C34H38N2O5/c1-6-8-9-18-39-28-17-12-23(19-30(28)38-7-2)31-26-16-15-25(20-29(26)41-32(36)27(31)21-35)40-33(37)22-10-13-24(14-11-22)34(3,4)5/h10-17,19-20,31H,6-9,18,36H2,1-5H3. The lowest BCUT2D eigenvalue weighted by Crippen LogP contribution is -2.21. The van der Waals surface area contributed by atoms with Crippen molar-refractivity contribution in [3.63, 3.8) is 0 Å². The summed E-state index contributed by atoms with van der Waals surface area (Å²) in [5.41, 5.74) is 9.60. The van der Waals surface area contributed by atoms with Crippen LogP contribution in [0.4, 0.5) is 0 Å². The molecule has 0 fully saturated rings. The van der Waals surface area contributed by atoms with Gasteiger partial charge in [-0.25, -0.2) is 4.79 Å². The minimum Gasteiger partial charge on any atom is -0.490 e. The summed E-state index contributed by atoms with van der Waals surface area (Å²) in [6.45, 7) is 11.5. The third-order valence-corrected chi connectivity index (χ3v) is 6.99. The number of nitriles is 1. The summed E-state index contributed by atoms with van der Waals surface area (Å²) in [6.07, 6.45) is 3.17. The van der Waals surface area contributed by atoms with E-state index in [1.807, 2.05) is 37.3 Å². The lowest BCUT2D eigenvalue weighted by molar-refractivity contribution is 0.0734. The van der Waals surface area contributed by atoms with Gasteiger partial charge in [0.05, 0.1) is 24.7 Å². The van der Waals surface area contributed by atoms with Crippen LogP contribution in [0.3, 0.4) is 0 Å². The van der Waals surface area contributed by atoms with Gasteiger partial charge in [-0.1, -0.05) is 64.8 Å². The summed E-state index contributed by atoms with van der Waals surface area (Å²) >= 11 is 0. The maximum absolute atomic E-state index is 12.9. The quantitative estimate of drug-likeness (QED) is 0.158. The molecule has 4 rings (SSSR count). The Balaban J connectivity index is 1.62. The fourth-order valence-corrected chi connectivity index (χ4v) is 4.74. The Morgan fingerprint density at radius 3 is 2.39 bits per heavy atom. The lowest BCUT2D eigenvalue weighted by Gasteiger charge is -2.27. The number of fused-ring (bicyclic) bond motifs is 1. The molecule has 1 unspecified atom stereocenters. The molecule has 7 heteroatoms. The maximum Gasteiger partial charge on any atom is 0.343 e. The number of unbranched alkanes of at least 4 members (excludes halogenated alkanes) is 2. The van der Waals surface area contributed by atoms with Crippen LogP contribution in [0.5, 0.6) is 23.0 Å². The molecule has 1 atom stereocenters. The van der Waals surface area contributed by atoms with Crippen molar-refractivity contribution in [3.05, 3.63) is 94.4 Å². The maximum atomic E-state index is 12.9. The fourth-order valence-electron chi connectivity index (χ4n) is 4.74. The van der Waals surface area contributed by atoms with Crippen molar-refractivity contribution < 1.29 is 23.7 Å². The van der Waals surface area contributed by atoms with Gasteiger partial charge in [0.1, 0.15) is 23.1 Å². The summed E-state index contributed by atoms with van der Waals surface area (Å²) in [5.74, 6) is 1.02. The number of benzene rings is 3. The molecule has 0 aliphatic carbocycles. The largest absolute Gasteiger partial charge is 0.490 e. The number of rotatable bonds is 10. The number of allylic oxidation sites excluding steroid dienone is 1. The number of carbonyl (C=O) groups excluding carboxylic acids is 1. The Hall–Kier alpha value is -4.44. The van der Waals surface area contributed by atoms with Crippen LogP contribution in [0, 0.1) is 11.3 Å². The van der Waals surface area contributed by atoms with Crippen LogP contribution in [0.1, 0.15) is 86.8 Å². The highest BCUT2D eigenvalue weighted by atomic mass is 16.5. The molecule has 1 aliphatic heterocycles. The Morgan fingerprint density at radius 1 is 0.976 bits per heavy atom. The van der Waals surface area contributed by atoms with Crippen LogP contribution in [-0.2, 0) is 5.41 Å². The zero-order valence-corrected chi connectivity index (χ0v) is 24.5. The molecular weight excluding hydrogens is 516 g/mol. The van der Waals surface area contributed by atoms with Gasteiger partial charge >= 0.3 is 5.97 Å². The Bertz CT molecular complexity index is 1460. The first-order chi connectivity index (χ1) is 19.7. The predicted octanol–water partition coefficient (Wildman–Crippen LogP) is 7.39. The highest BCUT2D eigenvalue weighted by Crippen LogP contribution is 2.45. The molecule has 3 aromatic rings. The predicted molar refractivity (Wildman–Crippen MR) is 158 cm³/mol. The minimum atomic E-state index is -0.494. The smallest absolute Gasteiger partial charge is 0.343 e. The Morgan fingerprint density at radius 2 is 1.73 bits per heavy atom. The summed E-state index contributed by atoms with van der Waals surface area (Å²) < 4.78 is 23.4. The zero-order valence-electron chi connectivity index (χ0n) is 24.5. The molecule has 0 amide bonds. The van der Waals surface area contributed by atoms with E-state index in [0.717, 1.165) is 36.0 Å². The van der Waals surface area contributed by atoms with Gasteiger partial charge in [-0.15, -0.1) is 0 Å². The summed E-state index contributed by atoms with van der Waals surface area (Å²) in [4.78, 5) is 12.9. The minimum absolute atomic E-state index is 0.00379. The van der Waals surface area contributed by atoms with Gasteiger partial charge in [-0.05, 0) is 60.2 Å². The molecule has 7 nitrogen and oxygen atoms in total. The SMILES string of the molecule is CCCCCOc1ccc(C2C(C#N)=C(N)Oc3cc(OC(=O)c4ccc(C(C)(C)C)cc4)ccc32)cc1OCC. The normalized spacial score (nSPS) is 14.5. The van der Waals surface area contributed by atoms with Gasteiger partial charge in [0.15, 0.2) is 11.5 Å². The number of hydrogen-bond donors (Lipinski definition) is 1. The van der Waals surface area contributed by atoms with E-state index in [2.05, 4.69) is 33.8 Å². The van der Waals surface area contributed by atoms with Crippen molar-refractivity contribution in [3.8, 4) is 29.1 Å². The molecule has 1 aliphatic rings. The van der Waals surface area contributed by atoms with E-state index in [-0.39, 0.29) is 11.3 Å². The van der Waals surface area contributed by atoms with E-state index in [9.17, 15) is 10.1 Å². The molecule has 0 bridgehead atoms. The molecular formula is C34H38N2O5. The third-order valence-electron chi connectivity index (χ3n) is 6.99. The summed E-state index contributed by atoms with van der Waals surface area (Å²) in [7, 11) is 0. The molecule has 1 heterocycles. The number of nitrogens with two attached hydrogens (primary N) is 1. The van der Waals surface area contributed by atoms with Gasteiger partial charge in [0.25, 0.3) is 0 Å². The molecule has 0 saturated carbocycles. The van der Waals surface area contributed by atoms with Gasteiger partial charge in [-0.2, -0.15) is 5.26 Å². The van der Waals surface area contributed by atoms with Crippen molar-refractivity contribution in [2.75, 3.05) is 13.2 Å². The molecule has 0 spiro atoms. The van der Waals surface area contributed by atoms with Crippen LogP contribution in [0.15, 0.2) is 72.1 Å². The second-order valence-corrected chi connectivity index (χ2v) is 11.0. The summed E-state index contributed by atoms with van der Waals surface area (Å²) in [6, 6.07) is 20.4. The van der Waals surface area contributed by atoms with Gasteiger partial charge in [-0.3, -0.25) is 0 Å². The van der Waals surface area contributed by atoms with Crippen molar-refractivity contribution in [1.29, 1.82) is 5.26 Å². The van der Waals surface area contributed by atoms with Gasteiger partial charge < -0.3 is 24.7 Å². The summed E-state index contributed by atoms with van der Waals surface area (Å²) in [5, 5.41) is 9.99. The van der Waals surface area contributed by atoms with Gasteiger partial charge in [0, 0.05) is 11.6 Å². The third kappa shape index (κ3) is 6.83. The molecule has 41 heavy (non-hydrogen) atoms. The van der Waals surface area contributed by atoms with E-state index in [0.29, 0.717) is 47.3 Å². The number of nitrogens with zero attached hydrogens (tertiary/aromatic N) is 1. The molecule has 0 aromatic heterocycles. The van der Waals surface area contributed by atoms with Crippen molar-refractivity contribution in [2.45, 2.75) is 65.2 Å². The van der Waals surface area contributed by atoms with E-state index >= 15 is 0 Å². The van der Waals surface area contributed by atoms with Crippen molar-refractivity contribution >= 4 is 5.97 Å². The molecule has 0 saturated heterocycles. The topological polar surface area (TPSA) is 104 Å². The van der Waals surface area contributed by atoms with Crippen molar-refractivity contribution in [1.82, 2.24) is 0 Å². The Labute approximate surface area is 242 Å². The van der Waals surface area contributed by atoms with E-state index < -0.39 is 11.9 Å². The molecule has 214 valence electrons. The van der Waals surface area contributed by atoms with Gasteiger partial charge in [0.2, 0.25) is 5.88 Å². The van der Waals surface area contributed by atoms with E-state index in [1.54, 1.807) is 30.3 Å². The monoisotopic (exact) mass is 554 g/mol. The second kappa shape index (κ2) is 12.8. The van der Waals surface area contributed by atoms with Crippen molar-refractivity contribution in [2.24, 2.45) is 5.73 Å². The van der Waals surface area contributed by atoms with E-state index in [4.69, 9.17) is 24.7 Å². The number of ether oxygens (including phenoxy) is 4. The number of carbonyl (C=O) groups is 1. The number of esters is 1. The molecule has 2 N–H and O–H groups in total. The highest BCUT2D eigenvalue weighted by Gasteiger charge is 2.32. The first-order valence-electron chi connectivity index (χ1n) is 14.1.